The molecule has 1 aromatic heterocycles. The summed E-state index contributed by atoms with van der Waals surface area (Å²) in [6.45, 7) is 1.63. The minimum absolute atomic E-state index is 0.130. The van der Waals surface area contributed by atoms with Gasteiger partial charge in [-0.1, -0.05) is 46.3 Å². The number of hydrogen-bond acceptors (Lipinski definition) is 4. The lowest BCUT2D eigenvalue weighted by molar-refractivity contribution is 0.307. The van der Waals surface area contributed by atoms with Gasteiger partial charge in [0.05, 0.1) is 24.8 Å². The van der Waals surface area contributed by atoms with Crippen LogP contribution in [0.1, 0.15) is 23.2 Å². The highest BCUT2D eigenvalue weighted by atomic mass is 79.9. The Morgan fingerprint density at radius 1 is 1.20 bits per heavy atom. The van der Waals surface area contributed by atoms with Crippen LogP contribution in [-0.4, -0.2) is 41.5 Å². The molecule has 0 radical (unpaired) electrons. The van der Waals surface area contributed by atoms with Crippen LogP contribution in [0.15, 0.2) is 65.5 Å². The summed E-state index contributed by atoms with van der Waals surface area (Å²) in [6, 6.07) is 16.2. The third kappa shape index (κ3) is 4.94. The van der Waals surface area contributed by atoms with Gasteiger partial charge in [0.2, 0.25) is 10.0 Å². The highest BCUT2D eigenvalue weighted by Crippen LogP contribution is 2.33. The van der Waals surface area contributed by atoms with E-state index in [1.807, 2.05) is 36.5 Å². The minimum atomic E-state index is -3.37. The summed E-state index contributed by atoms with van der Waals surface area (Å²) in [5.41, 5.74) is 4.27. The molecule has 0 amide bonds. The van der Waals surface area contributed by atoms with E-state index in [1.54, 1.807) is 10.6 Å². The zero-order valence-electron chi connectivity index (χ0n) is 16.8. The highest BCUT2D eigenvalue weighted by Gasteiger charge is 2.33. The highest BCUT2D eigenvalue weighted by molar-refractivity contribution is 9.10. The first-order valence-electron chi connectivity index (χ1n) is 9.91. The second-order valence-corrected chi connectivity index (χ2v) is 10.6. The zero-order chi connectivity index (χ0) is 21.1. The number of fused-ring (bicyclic) bond motifs is 1. The first-order chi connectivity index (χ1) is 14.4. The van der Waals surface area contributed by atoms with Crippen LogP contribution in [0.25, 0.3) is 0 Å². The van der Waals surface area contributed by atoms with E-state index in [9.17, 15) is 8.42 Å². The Hall–Kier alpha value is -2.16. The molecule has 8 heteroatoms. The molecule has 6 nitrogen and oxygen atoms in total. The SMILES string of the molecule is CS(=O)(=O)N1Cc2cc(Br)ccc2N(Cc2cnc[nH]2)C[C@@H]1CCc1ccccc1. The number of nitrogens with one attached hydrogen (secondary N) is 1. The fourth-order valence-corrected chi connectivity index (χ4v) is 5.55. The molecule has 158 valence electrons. The first-order valence-corrected chi connectivity index (χ1v) is 12.6. The second kappa shape index (κ2) is 8.91. The lowest BCUT2D eigenvalue weighted by Crippen LogP contribution is -2.44. The van der Waals surface area contributed by atoms with Crippen molar-refractivity contribution in [2.75, 3.05) is 17.7 Å². The summed E-state index contributed by atoms with van der Waals surface area (Å²) in [5, 5.41) is 0. The van der Waals surface area contributed by atoms with Crippen molar-refractivity contribution in [3.8, 4) is 0 Å². The van der Waals surface area contributed by atoms with Crippen LogP contribution in [0.3, 0.4) is 0 Å². The number of sulfonamides is 1. The van der Waals surface area contributed by atoms with Crippen LogP contribution in [0, 0.1) is 0 Å². The van der Waals surface area contributed by atoms with Gasteiger partial charge < -0.3 is 9.88 Å². The standard InChI is InChI=1S/C22H25BrN4O2S/c1-30(28,29)27-13-18-11-19(23)8-10-22(18)26(14-20-12-24-16-25-20)15-21(27)9-7-17-5-3-2-4-6-17/h2-6,8,10-12,16,21H,7,9,13-15H2,1H3,(H,24,25)/t21-/m0/s1. The van der Waals surface area contributed by atoms with E-state index in [4.69, 9.17) is 0 Å². The third-order valence-electron chi connectivity index (χ3n) is 5.50. The predicted molar refractivity (Wildman–Crippen MR) is 123 cm³/mol. The van der Waals surface area contributed by atoms with E-state index < -0.39 is 10.0 Å². The number of hydrogen-bond donors (Lipinski definition) is 1. The Morgan fingerprint density at radius 3 is 2.70 bits per heavy atom. The van der Waals surface area contributed by atoms with Crippen LogP contribution in [0.2, 0.25) is 0 Å². The first kappa shape index (κ1) is 21.1. The predicted octanol–water partition coefficient (Wildman–Crippen LogP) is 3.96. The van der Waals surface area contributed by atoms with Crippen molar-refractivity contribution < 1.29 is 8.42 Å². The summed E-state index contributed by atoms with van der Waals surface area (Å²) < 4.78 is 28.1. The number of benzene rings is 2. The number of aromatic nitrogens is 2. The molecule has 1 aliphatic heterocycles. The average molecular weight is 489 g/mol. The third-order valence-corrected chi connectivity index (χ3v) is 7.27. The maximum absolute atomic E-state index is 12.8. The average Bonchev–Trinajstić information content (AvgIpc) is 3.16. The largest absolute Gasteiger partial charge is 0.364 e. The van der Waals surface area contributed by atoms with Gasteiger partial charge in [-0.3, -0.25) is 0 Å². The normalized spacial score (nSPS) is 17.5. The van der Waals surface area contributed by atoms with E-state index >= 15 is 0 Å². The summed E-state index contributed by atoms with van der Waals surface area (Å²) in [7, 11) is -3.37. The smallest absolute Gasteiger partial charge is 0.211 e. The van der Waals surface area contributed by atoms with E-state index in [0.717, 1.165) is 34.3 Å². The molecule has 0 unspecified atom stereocenters. The Kier molecular flexibility index (Phi) is 6.26. The topological polar surface area (TPSA) is 69.3 Å². The molecule has 2 heterocycles. The van der Waals surface area contributed by atoms with Crippen molar-refractivity contribution in [1.29, 1.82) is 0 Å². The number of halogens is 1. The van der Waals surface area contributed by atoms with E-state index in [0.29, 0.717) is 19.6 Å². The van der Waals surface area contributed by atoms with Crippen molar-refractivity contribution in [1.82, 2.24) is 14.3 Å². The van der Waals surface area contributed by atoms with Gasteiger partial charge in [-0.2, -0.15) is 4.31 Å². The van der Waals surface area contributed by atoms with Gasteiger partial charge in [0.25, 0.3) is 0 Å². The van der Waals surface area contributed by atoms with Crippen LogP contribution >= 0.6 is 15.9 Å². The van der Waals surface area contributed by atoms with Gasteiger partial charge >= 0.3 is 0 Å². The van der Waals surface area contributed by atoms with E-state index in [1.165, 1.54) is 11.8 Å². The number of aromatic amines is 1. The molecule has 1 atom stereocenters. The van der Waals surface area contributed by atoms with Crippen molar-refractivity contribution in [2.24, 2.45) is 0 Å². The summed E-state index contributed by atoms with van der Waals surface area (Å²) in [6.07, 6.45) is 6.38. The Balaban J connectivity index is 1.68. The van der Waals surface area contributed by atoms with Crippen molar-refractivity contribution in [3.63, 3.8) is 0 Å². The molecule has 0 saturated carbocycles. The van der Waals surface area contributed by atoms with E-state index in [-0.39, 0.29) is 6.04 Å². The number of imidazole rings is 1. The van der Waals surface area contributed by atoms with Crippen LogP contribution in [0.4, 0.5) is 5.69 Å². The lowest BCUT2D eigenvalue weighted by Gasteiger charge is -2.31. The number of rotatable bonds is 6. The molecular formula is C22H25BrN4O2S. The van der Waals surface area contributed by atoms with Gasteiger partial charge in [-0.15, -0.1) is 0 Å². The summed E-state index contributed by atoms with van der Waals surface area (Å²) >= 11 is 3.54. The Bertz CT molecular complexity index is 1090. The second-order valence-electron chi connectivity index (χ2n) is 7.72. The molecule has 30 heavy (non-hydrogen) atoms. The fourth-order valence-electron chi connectivity index (χ4n) is 4.06. The van der Waals surface area contributed by atoms with Crippen LogP contribution < -0.4 is 4.90 Å². The number of aryl methyl sites for hydroxylation is 1. The molecule has 4 rings (SSSR count). The van der Waals surface area contributed by atoms with Crippen LogP contribution in [0.5, 0.6) is 0 Å². The van der Waals surface area contributed by atoms with E-state index in [2.05, 4.69) is 49.0 Å². The van der Waals surface area contributed by atoms with Gasteiger partial charge in [0, 0.05) is 35.5 Å². The number of nitrogens with zero attached hydrogens (tertiary/aromatic N) is 3. The summed E-state index contributed by atoms with van der Waals surface area (Å²) in [4.78, 5) is 9.56. The van der Waals surface area contributed by atoms with Crippen molar-refractivity contribution >= 4 is 31.6 Å². The molecule has 0 aliphatic carbocycles. The van der Waals surface area contributed by atoms with Crippen molar-refractivity contribution in [3.05, 3.63) is 82.3 Å². The number of anilines is 1. The molecule has 0 spiro atoms. The monoisotopic (exact) mass is 488 g/mol. The molecule has 0 fully saturated rings. The molecule has 1 aliphatic rings. The van der Waals surface area contributed by atoms with Crippen LogP contribution in [-0.2, 0) is 29.5 Å². The molecule has 1 N–H and O–H groups in total. The van der Waals surface area contributed by atoms with Crippen molar-refractivity contribution in [2.45, 2.75) is 32.0 Å². The lowest BCUT2D eigenvalue weighted by atomic mass is 10.0. The van der Waals surface area contributed by atoms with Gasteiger partial charge in [0.15, 0.2) is 0 Å². The molecular weight excluding hydrogens is 464 g/mol. The fraction of sp³-hybridized carbons (Fsp3) is 0.318. The molecule has 0 bridgehead atoms. The zero-order valence-corrected chi connectivity index (χ0v) is 19.2. The molecule has 0 saturated heterocycles. The number of H-pyrrole nitrogens is 1. The molecule has 3 aromatic rings. The van der Waals surface area contributed by atoms with Gasteiger partial charge in [0.1, 0.15) is 0 Å². The maximum Gasteiger partial charge on any atom is 0.211 e. The Labute approximate surface area is 186 Å². The summed E-state index contributed by atoms with van der Waals surface area (Å²) in [5.74, 6) is 0. The molecule has 2 aromatic carbocycles. The maximum atomic E-state index is 12.8. The van der Waals surface area contributed by atoms with Gasteiger partial charge in [-0.05, 0) is 42.2 Å². The van der Waals surface area contributed by atoms with Gasteiger partial charge in [-0.25, -0.2) is 13.4 Å². The minimum Gasteiger partial charge on any atom is -0.364 e. The quantitative estimate of drug-likeness (QED) is 0.570. The Morgan fingerprint density at radius 2 is 2.00 bits per heavy atom.